The molecule has 0 aliphatic rings. The molecule has 0 spiro atoms. The maximum Gasteiger partial charge on any atom is 0.255 e. The van der Waals surface area contributed by atoms with Crippen molar-refractivity contribution in [3.8, 4) is 18.1 Å². The lowest BCUT2D eigenvalue weighted by atomic mass is 10.2. The van der Waals surface area contributed by atoms with Gasteiger partial charge in [-0.15, -0.1) is 6.42 Å². The van der Waals surface area contributed by atoms with Crippen LogP contribution in [0.3, 0.4) is 0 Å². The number of terminal acetylenes is 1. The van der Waals surface area contributed by atoms with Crippen molar-refractivity contribution in [1.82, 2.24) is 5.32 Å². The third-order valence-electron chi connectivity index (χ3n) is 1.76. The minimum absolute atomic E-state index is 0.175. The van der Waals surface area contributed by atoms with Crippen LogP contribution in [0.1, 0.15) is 10.4 Å². The molecule has 0 saturated carbocycles. The molecule has 0 heterocycles. The number of rotatable bonds is 3. The fourth-order valence-electron chi connectivity index (χ4n) is 1.08. The molecule has 0 atom stereocenters. The number of carbonyl (C=O) groups is 1. The predicted molar refractivity (Wildman–Crippen MR) is 59.2 cm³/mol. The Bertz CT molecular complexity index is 410. The van der Waals surface area contributed by atoms with E-state index in [-0.39, 0.29) is 12.5 Å². The second-order valence-electron chi connectivity index (χ2n) is 2.73. The molecule has 78 valence electrons. The first kappa shape index (κ1) is 11.4. The molecule has 1 aromatic carbocycles. The van der Waals surface area contributed by atoms with Crippen molar-refractivity contribution >= 4 is 17.5 Å². The second kappa shape index (κ2) is 5.28. The number of hydrogen-bond donors (Lipinski definition) is 1. The van der Waals surface area contributed by atoms with Crippen molar-refractivity contribution in [3.63, 3.8) is 0 Å². The van der Waals surface area contributed by atoms with E-state index in [4.69, 9.17) is 22.8 Å². The highest BCUT2D eigenvalue weighted by atomic mass is 35.5. The number of methoxy groups -OCH3 is 1. The highest BCUT2D eigenvalue weighted by Gasteiger charge is 2.11. The third kappa shape index (κ3) is 2.90. The number of amides is 1. The number of ether oxygens (including phenoxy) is 1. The van der Waals surface area contributed by atoms with E-state index in [2.05, 4.69) is 11.2 Å². The van der Waals surface area contributed by atoms with Crippen LogP contribution in [-0.2, 0) is 0 Å². The summed E-state index contributed by atoms with van der Waals surface area (Å²) in [6, 6.07) is 4.82. The third-order valence-corrected chi connectivity index (χ3v) is 1.99. The van der Waals surface area contributed by atoms with Gasteiger partial charge in [-0.25, -0.2) is 0 Å². The van der Waals surface area contributed by atoms with Crippen molar-refractivity contribution in [3.05, 3.63) is 28.8 Å². The van der Waals surface area contributed by atoms with Gasteiger partial charge in [-0.1, -0.05) is 17.5 Å². The summed E-state index contributed by atoms with van der Waals surface area (Å²) in [7, 11) is 1.49. The van der Waals surface area contributed by atoms with Crippen LogP contribution in [0.25, 0.3) is 0 Å². The van der Waals surface area contributed by atoms with E-state index in [0.717, 1.165) is 0 Å². The highest BCUT2D eigenvalue weighted by Crippen LogP contribution is 2.22. The minimum Gasteiger partial charge on any atom is -0.496 e. The highest BCUT2D eigenvalue weighted by molar-refractivity contribution is 6.31. The normalized spacial score (nSPS) is 9.13. The van der Waals surface area contributed by atoms with Crippen LogP contribution in [-0.4, -0.2) is 19.6 Å². The lowest BCUT2D eigenvalue weighted by molar-refractivity contribution is 0.0955. The fraction of sp³-hybridized carbons (Fsp3) is 0.182. The molecular weight excluding hydrogens is 214 g/mol. The summed E-state index contributed by atoms with van der Waals surface area (Å²) in [4.78, 5) is 11.6. The molecule has 0 unspecified atom stereocenters. The molecule has 0 bridgehead atoms. The molecule has 4 heteroatoms. The van der Waals surface area contributed by atoms with Crippen LogP contribution in [0.5, 0.6) is 5.75 Å². The van der Waals surface area contributed by atoms with Crippen molar-refractivity contribution in [2.75, 3.05) is 13.7 Å². The van der Waals surface area contributed by atoms with E-state index in [1.54, 1.807) is 12.1 Å². The predicted octanol–water partition coefficient (Wildman–Crippen LogP) is 1.71. The van der Waals surface area contributed by atoms with Crippen LogP contribution >= 0.6 is 11.6 Å². The monoisotopic (exact) mass is 223 g/mol. The van der Waals surface area contributed by atoms with Gasteiger partial charge in [0.1, 0.15) is 5.75 Å². The van der Waals surface area contributed by atoms with Gasteiger partial charge in [-0.2, -0.15) is 0 Å². The maximum atomic E-state index is 11.6. The lowest BCUT2D eigenvalue weighted by Crippen LogP contribution is -2.24. The second-order valence-corrected chi connectivity index (χ2v) is 3.17. The first-order valence-electron chi connectivity index (χ1n) is 4.24. The molecule has 0 aliphatic heterocycles. The van der Waals surface area contributed by atoms with E-state index in [1.807, 2.05) is 0 Å². The van der Waals surface area contributed by atoms with Crippen LogP contribution in [0.15, 0.2) is 18.2 Å². The average Bonchev–Trinajstić information content (AvgIpc) is 2.25. The molecular formula is C11H10ClNO2. The molecule has 1 N–H and O–H groups in total. The summed E-state index contributed by atoms with van der Waals surface area (Å²) in [6.45, 7) is 0.175. The number of hydrogen-bond acceptors (Lipinski definition) is 2. The van der Waals surface area contributed by atoms with Gasteiger partial charge in [0.05, 0.1) is 19.2 Å². The van der Waals surface area contributed by atoms with E-state index in [9.17, 15) is 4.79 Å². The number of nitrogens with one attached hydrogen (secondary N) is 1. The summed E-state index contributed by atoms with van der Waals surface area (Å²) < 4.78 is 5.03. The van der Waals surface area contributed by atoms with E-state index in [0.29, 0.717) is 16.3 Å². The smallest absolute Gasteiger partial charge is 0.255 e. The maximum absolute atomic E-state index is 11.6. The molecule has 3 nitrogen and oxygen atoms in total. The molecule has 0 aromatic heterocycles. The Morgan fingerprint density at radius 1 is 1.67 bits per heavy atom. The summed E-state index contributed by atoms with van der Waals surface area (Å²) in [5.41, 5.74) is 0.375. The summed E-state index contributed by atoms with van der Waals surface area (Å²) in [5.74, 6) is 2.48. The van der Waals surface area contributed by atoms with E-state index >= 15 is 0 Å². The first-order valence-corrected chi connectivity index (χ1v) is 4.62. The van der Waals surface area contributed by atoms with Crippen LogP contribution < -0.4 is 10.1 Å². The largest absolute Gasteiger partial charge is 0.496 e. The van der Waals surface area contributed by atoms with Gasteiger partial charge >= 0.3 is 0 Å². The minimum atomic E-state index is -0.299. The van der Waals surface area contributed by atoms with Gasteiger partial charge in [-0.05, 0) is 18.2 Å². The average molecular weight is 224 g/mol. The molecule has 0 saturated heterocycles. The quantitative estimate of drug-likeness (QED) is 0.793. The molecule has 0 fully saturated rings. The molecule has 0 radical (unpaired) electrons. The van der Waals surface area contributed by atoms with E-state index < -0.39 is 0 Å². The van der Waals surface area contributed by atoms with Crippen LogP contribution in [0, 0.1) is 12.3 Å². The van der Waals surface area contributed by atoms with E-state index in [1.165, 1.54) is 13.2 Å². The Balaban J connectivity index is 2.96. The molecule has 1 aromatic rings. The van der Waals surface area contributed by atoms with Crippen molar-refractivity contribution < 1.29 is 9.53 Å². The fourth-order valence-corrected chi connectivity index (χ4v) is 1.26. The zero-order valence-electron chi connectivity index (χ0n) is 8.21. The topological polar surface area (TPSA) is 38.3 Å². The van der Waals surface area contributed by atoms with Gasteiger partial charge in [0.25, 0.3) is 5.91 Å². The molecule has 1 rings (SSSR count). The Kier molecular flexibility index (Phi) is 4.02. The summed E-state index contributed by atoms with van der Waals surface area (Å²) in [5, 5.41) is 3.01. The number of carbonyl (C=O) groups excluding carboxylic acids is 1. The molecule has 1 amide bonds. The van der Waals surface area contributed by atoms with Crippen LogP contribution in [0.2, 0.25) is 5.02 Å². The Morgan fingerprint density at radius 2 is 2.40 bits per heavy atom. The number of benzene rings is 1. The zero-order valence-corrected chi connectivity index (χ0v) is 8.97. The lowest BCUT2D eigenvalue weighted by Gasteiger charge is -2.07. The zero-order chi connectivity index (χ0) is 11.3. The van der Waals surface area contributed by atoms with Gasteiger partial charge in [0, 0.05) is 5.02 Å². The Morgan fingerprint density at radius 3 is 3.00 bits per heavy atom. The van der Waals surface area contributed by atoms with Gasteiger partial charge < -0.3 is 10.1 Å². The Hall–Kier alpha value is -1.66. The van der Waals surface area contributed by atoms with Crippen molar-refractivity contribution in [2.45, 2.75) is 0 Å². The first-order chi connectivity index (χ1) is 7.19. The van der Waals surface area contributed by atoms with Gasteiger partial charge in [0.2, 0.25) is 0 Å². The van der Waals surface area contributed by atoms with Crippen molar-refractivity contribution in [1.29, 1.82) is 0 Å². The summed E-state index contributed by atoms with van der Waals surface area (Å²) >= 11 is 5.78. The van der Waals surface area contributed by atoms with Crippen LogP contribution in [0.4, 0.5) is 0 Å². The molecule has 15 heavy (non-hydrogen) atoms. The Labute approximate surface area is 93.4 Å². The van der Waals surface area contributed by atoms with Crippen molar-refractivity contribution in [2.24, 2.45) is 0 Å². The molecule has 0 aliphatic carbocycles. The standard InChI is InChI=1S/C11H10ClNO2/c1-3-6-13-11(14)9-7-8(12)4-5-10(9)15-2/h1,4-5,7H,6H2,2H3,(H,13,14). The van der Waals surface area contributed by atoms with Gasteiger partial charge in [-0.3, -0.25) is 4.79 Å². The summed E-state index contributed by atoms with van der Waals surface area (Å²) in [6.07, 6.45) is 5.03. The SMILES string of the molecule is C#CCNC(=O)c1cc(Cl)ccc1OC. The van der Waals surface area contributed by atoms with Gasteiger partial charge in [0.15, 0.2) is 0 Å². The number of halogens is 1.